The highest BCUT2D eigenvalue weighted by atomic mass is 16.6. The van der Waals surface area contributed by atoms with Gasteiger partial charge < -0.3 is 20.1 Å². The van der Waals surface area contributed by atoms with Crippen LogP contribution in [0.2, 0.25) is 0 Å². The Hall–Kier alpha value is -3.81. The number of hydrogen-bond acceptors (Lipinski definition) is 4. The van der Waals surface area contributed by atoms with Gasteiger partial charge in [-0.25, -0.2) is 9.59 Å². The zero-order chi connectivity index (χ0) is 27.2. The summed E-state index contributed by atoms with van der Waals surface area (Å²) >= 11 is 0. The van der Waals surface area contributed by atoms with Gasteiger partial charge in [-0.2, -0.15) is 0 Å². The van der Waals surface area contributed by atoms with Crippen molar-refractivity contribution >= 4 is 22.9 Å². The van der Waals surface area contributed by atoms with E-state index in [-0.39, 0.29) is 24.2 Å². The van der Waals surface area contributed by atoms with Gasteiger partial charge in [0, 0.05) is 32.0 Å². The molecule has 0 aliphatic carbocycles. The lowest BCUT2D eigenvalue weighted by molar-refractivity contribution is -0.692. The summed E-state index contributed by atoms with van der Waals surface area (Å²) in [5, 5.41) is 9.63. The highest BCUT2D eigenvalue weighted by Crippen LogP contribution is 2.27. The summed E-state index contributed by atoms with van der Waals surface area (Å²) in [5.41, 5.74) is 4.10. The molecule has 202 valence electrons. The number of amides is 3. The summed E-state index contributed by atoms with van der Waals surface area (Å²) in [5.74, 6) is 0.843. The number of benzene rings is 2. The Kier molecular flexibility index (Phi) is 8.71. The summed E-state index contributed by atoms with van der Waals surface area (Å²) in [4.78, 5) is 24.1. The summed E-state index contributed by atoms with van der Waals surface area (Å²) in [6.45, 7) is 6.40. The van der Waals surface area contributed by atoms with Crippen LogP contribution >= 0.6 is 0 Å². The van der Waals surface area contributed by atoms with Gasteiger partial charge in [0.2, 0.25) is 11.4 Å². The van der Waals surface area contributed by atoms with E-state index in [1.165, 1.54) is 5.01 Å². The van der Waals surface area contributed by atoms with Crippen LogP contribution in [0.15, 0.2) is 48.5 Å². The smallest absolute Gasteiger partial charge is 0.463 e. The summed E-state index contributed by atoms with van der Waals surface area (Å²) in [6, 6.07) is 16.9. The fraction of sp³-hybridized carbons (Fsp3) is 0.433. The number of carbonyl (C=O) groups is 2. The van der Waals surface area contributed by atoms with E-state index in [0.29, 0.717) is 6.61 Å². The fourth-order valence-electron chi connectivity index (χ4n) is 5.18. The lowest BCUT2D eigenvalue weighted by Crippen LogP contribution is -2.62. The van der Waals surface area contributed by atoms with Gasteiger partial charge in [-0.05, 0) is 59.9 Å². The number of hydrogen-bond donors (Lipinski definition) is 2. The van der Waals surface area contributed by atoms with Crippen molar-refractivity contribution in [1.82, 2.24) is 10.6 Å². The lowest BCUT2D eigenvalue weighted by Gasteiger charge is -2.16. The molecule has 0 spiro atoms. The zero-order valence-electron chi connectivity index (χ0n) is 23.0. The SMILES string of the molecule is COc1ccc2cc(-c3cc(C)[n+](N(C)C(=O)OCCCCCC[C@H]4NC(=O)N[C@H]4C)c(C)c3)ccc2c1. The van der Waals surface area contributed by atoms with Crippen LogP contribution < -0.4 is 25.1 Å². The van der Waals surface area contributed by atoms with E-state index in [1.807, 2.05) is 37.6 Å². The molecule has 1 aromatic heterocycles. The van der Waals surface area contributed by atoms with Crippen LogP contribution in [0.3, 0.4) is 0 Å². The number of urea groups is 1. The Morgan fingerprint density at radius 2 is 1.61 bits per heavy atom. The topological polar surface area (TPSA) is 83.8 Å². The number of unbranched alkanes of at least 4 members (excludes halogenated alkanes) is 3. The first-order valence-electron chi connectivity index (χ1n) is 13.4. The highest BCUT2D eigenvalue weighted by molar-refractivity contribution is 5.88. The molecule has 3 amide bonds. The van der Waals surface area contributed by atoms with E-state index in [1.54, 1.807) is 14.2 Å². The summed E-state index contributed by atoms with van der Waals surface area (Å²) < 4.78 is 12.8. The van der Waals surface area contributed by atoms with Gasteiger partial charge in [0.15, 0.2) is 0 Å². The number of pyridine rings is 1. The third-order valence-electron chi connectivity index (χ3n) is 7.26. The Morgan fingerprint density at radius 1 is 0.921 bits per heavy atom. The minimum atomic E-state index is -0.373. The molecule has 0 unspecified atom stereocenters. The third-order valence-corrected chi connectivity index (χ3v) is 7.26. The van der Waals surface area contributed by atoms with Crippen molar-refractivity contribution < 1.29 is 23.7 Å². The number of nitrogens with one attached hydrogen (secondary N) is 2. The molecule has 0 bridgehead atoms. The van der Waals surface area contributed by atoms with E-state index in [0.717, 1.165) is 71.1 Å². The molecular formula is C30H39N4O4+. The number of nitrogens with zero attached hydrogens (tertiary/aromatic N) is 2. The van der Waals surface area contributed by atoms with Gasteiger partial charge in [0.05, 0.1) is 26.8 Å². The van der Waals surface area contributed by atoms with Gasteiger partial charge in [-0.3, -0.25) is 0 Å². The van der Waals surface area contributed by atoms with Gasteiger partial charge in [-0.15, -0.1) is 0 Å². The predicted molar refractivity (Wildman–Crippen MR) is 149 cm³/mol. The van der Waals surface area contributed by atoms with Gasteiger partial charge in [0.1, 0.15) is 5.75 Å². The number of ether oxygens (including phenoxy) is 2. The first-order chi connectivity index (χ1) is 18.3. The van der Waals surface area contributed by atoms with E-state index in [2.05, 4.69) is 47.0 Å². The summed E-state index contributed by atoms with van der Waals surface area (Å²) in [7, 11) is 3.41. The minimum Gasteiger partial charge on any atom is -0.497 e. The molecule has 2 aromatic carbocycles. The van der Waals surface area contributed by atoms with Crippen molar-refractivity contribution in [2.45, 2.75) is 65.0 Å². The molecule has 2 heterocycles. The normalized spacial score (nSPS) is 16.7. The number of carbonyl (C=O) groups excluding carboxylic acids is 2. The van der Waals surface area contributed by atoms with Crippen LogP contribution in [0.4, 0.5) is 9.59 Å². The standard InChI is InChI=1S/C30H38N4O4/c1-20-16-26(24-11-12-25-19-27(37-5)14-13-23(25)18-24)17-21(2)34(20)33(4)30(36)38-15-9-7-6-8-10-28-22(3)31-29(35)32-28/h11-14,16-19,22,28H,6-10,15H2,1-5H3,(H-,31,32,35)/p+1/t22-,28+/m0/s1. The van der Waals surface area contributed by atoms with Gasteiger partial charge >= 0.3 is 12.1 Å². The largest absolute Gasteiger partial charge is 0.497 e. The first kappa shape index (κ1) is 27.2. The van der Waals surface area contributed by atoms with E-state index in [9.17, 15) is 9.59 Å². The Morgan fingerprint density at radius 3 is 2.29 bits per heavy atom. The summed E-state index contributed by atoms with van der Waals surface area (Å²) in [6.07, 6.45) is 4.47. The van der Waals surface area contributed by atoms with Crippen molar-refractivity contribution in [2.75, 3.05) is 25.8 Å². The Labute approximate surface area is 224 Å². The predicted octanol–water partition coefficient (Wildman–Crippen LogP) is 5.14. The van der Waals surface area contributed by atoms with Gasteiger partial charge in [0.25, 0.3) is 0 Å². The maximum absolute atomic E-state index is 12.8. The second-order valence-corrected chi connectivity index (χ2v) is 10.1. The monoisotopic (exact) mass is 519 g/mol. The second kappa shape index (κ2) is 12.2. The molecule has 3 aromatic rings. The maximum atomic E-state index is 12.8. The molecule has 2 atom stereocenters. The number of aryl methyl sites for hydroxylation is 2. The minimum absolute atomic E-state index is 0.0772. The molecular weight excluding hydrogens is 480 g/mol. The average molecular weight is 520 g/mol. The Balaban J connectivity index is 1.29. The second-order valence-electron chi connectivity index (χ2n) is 10.1. The van der Waals surface area contributed by atoms with E-state index < -0.39 is 0 Å². The van der Waals surface area contributed by atoms with E-state index in [4.69, 9.17) is 9.47 Å². The van der Waals surface area contributed by atoms with Crippen LogP contribution in [0.5, 0.6) is 5.75 Å². The quantitative estimate of drug-likeness (QED) is 0.287. The number of fused-ring (bicyclic) bond motifs is 1. The molecule has 8 heteroatoms. The average Bonchev–Trinajstić information content (AvgIpc) is 3.22. The van der Waals surface area contributed by atoms with Crippen LogP contribution in [0.25, 0.3) is 21.9 Å². The van der Waals surface area contributed by atoms with Crippen LogP contribution in [0, 0.1) is 13.8 Å². The molecule has 4 rings (SSSR count). The first-order valence-corrected chi connectivity index (χ1v) is 13.4. The number of aromatic nitrogens is 1. The van der Waals surface area contributed by atoms with Crippen molar-refractivity contribution in [2.24, 2.45) is 0 Å². The molecule has 1 aliphatic rings. The molecule has 8 nitrogen and oxygen atoms in total. The molecule has 0 saturated carbocycles. The fourth-order valence-corrected chi connectivity index (χ4v) is 5.18. The molecule has 38 heavy (non-hydrogen) atoms. The molecule has 1 fully saturated rings. The van der Waals surface area contributed by atoms with Gasteiger partial charge in [-0.1, -0.05) is 47.1 Å². The number of rotatable bonds is 10. The molecule has 1 aliphatic heterocycles. The molecule has 0 radical (unpaired) electrons. The van der Waals surface area contributed by atoms with Crippen molar-refractivity contribution in [1.29, 1.82) is 0 Å². The van der Waals surface area contributed by atoms with Crippen LogP contribution in [-0.4, -0.2) is 45.0 Å². The van der Waals surface area contributed by atoms with Crippen molar-refractivity contribution in [3.63, 3.8) is 0 Å². The molecule has 1 saturated heterocycles. The third kappa shape index (κ3) is 6.36. The Bertz CT molecular complexity index is 1290. The van der Waals surface area contributed by atoms with E-state index >= 15 is 0 Å². The lowest BCUT2D eigenvalue weighted by atomic mass is 10.0. The zero-order valence-corrected chi connectivity index (χ0v) is 23.0. The number of methoxy groups -OCH3 is 1. The van der Waals surface area contributed by atoms with Crippen molar-refractivity contribution in [3.05, 3.63) is 59.9 Å². The van der Waals surface area contributed by atoms with Crippen LogP contribution in [0.1, 0.15) is 50.4 Å². The molecule has 2 N–H and O–H groups in total. The highest BCUT2D eigenvalue weighted by Gasteiger charge is 2.27. The van der Waals surface area contributed by atoms with Crippen LogP contribution in [-0.2, 0) is 4.74 Å². The maximum Gasteiger partial charge on any atom is 0.463 e. The van der Waals surface area contributed by atoms with Crippen molar-refractivity contribution in [3.8, 4) is 16.9 Å².